The first kappa shape index (κ1) is 12.0. The highest BCUT2D eigenvalue weighted by Gasteiger charge is 2.28. The van der Waals surface area contributed by atoms with Gasteiger partial charge in [-0.25, -0.2) is 13.4 Å². The van der Waals surface area contributed by atoms with E-state index in [0.29, 0.717) is 16.5 Å². The second-order valence-electron chi connectivity index (χ2n) is 4.82. The Morgan fingerprint density at radius 1 is 1.50 bits per heavy atom. The summed E-state index contributed by atoms with van der Waals surface area (Å²) in [7, 11) is -2.81. The van der Waals surface area contributed by atoms with E-state index < -0.39 is 9.84 Å². The van der Waals surface area contributed by atoms with Gasteiger partial charge in [0, 0.05) is 17.4 Å². The van der Waals surface area contributed by atoms with Crippen LogP contribution in [0.25, 0.3) is 5.65 Å². The Bertz CT molecular complexity index is 693. The van der Waals surface area contributed by atoms with Crippen molar-refractivity contribution in [2.45, 2.75) is 12.8 Å². The van der Waals surface area contributed by atoms with Crippen molar-refractivity contribution in [2.24, 2.45) is 5.92 Å². The fourth-order valence-corrected chi connectivity index (χ4v) is 4.45. The minimum atomic E-state index is -2.81. The number of fused-ring (bicyclic) bond motifs is 1. The van der Waals surface area contributed by atoms with Crippen LogP contribution in [0.15, 0.2) is 24.5 Å². The highest BCUT2D eigenvalue weighted by Crippen LogP contribution is 2.23. The molecule has 2 aromatic rings. The molecular weight excluding hydrogens is 272 g/mol. The van der Waals surface area contributed by atoms with E-state index in [4.69, 9.17) is 11.6 Å². The van der Waals surface area contributed by atoms with Gasteiger partial charge in [-0.3, -0.25) is 0 Å². The summed E-state index contributed by atoms with van der Waals surface area (Å²) in [6.07, 6.45) is 5.27. The van der Waals surface area contributed by atoms with Crippen LogP contribution in [-0.4, -0.2) is 29.3 Å². The van der Waals surface area contributed by atoms with E-state index in [2.05, 4.69) is 4.98 Å². The van der Waals surface area contributed by atoms with Gasteiger partial charge in [0.15, 0.2) is 9.84 Å². The van der Waals surface area contributed by atoms with Crippen LogP contribution in [0.5, 0.6) is 0 Å². The van der Waals surface area contributed by atoms with E-state index in [1.165, 1.54) is 0 Å². The first-order valence-corrected chi connectivity index (χ1v) is 8.05. The van der Waals surface area contributed by atoms with Crippen LogP contribution in [-0.2, 0) is 16.3 Å². The molecule has 0 N–H and O–H groups in total. The van der Waals surface area contributed by atoms with Crippen molar-refractivity contribution in [3.05, 3.63) is 35.2 Å². The number of nitrogens with zero attached hydrogens (tertiary/aromatic N) is 2. The molecule has 4 nitrogen and oxygen atoms in total. The summed E-state index contributed by atoms with van der Waals surface area (Å²) in [5, 5.41) is 0.656. The van der Waals surface area contributed by atoms with E-state index in [1.807, 2.05) is 16.8 Å². The maximum absolute atomic E-state index is 11.4. The van der Waals surface area contributed by atoms with Gasteiger partial charge in [-0.2, -0.15) is 0 Å². The van der Waals surface area contributed by atoms with Crippen LogP contribution in [0.3, 0.4) is 0 Å². The summed E-state index contributed by atoms with van der Waals surface area (Å²) in [4.78, 5) is 4.47. The monoisotopic (exact) mass is 284 g/mol. The molecule has 3 rings (SSSR count). The molecule has 96 valence electrons. The van der Waals surface area contributed by atoms with Crippen LogP contribution >= 0.6 is 11.6 Å². The van der Waals surface area contributed by atoms with Crippen molar-refractivity contribution in [3.8, 4) is 0 Å². The molecule has 0 radical (unpaired) electrons. The van der Waals surface area contributed by atoms with Crippen molar-refractivity contribution in [1.82, 2.24) is 9.38 Å². The topological polar surface area (TPSA) is 51.4 Å². The van der Waals surface area contributed by atoms with Crippen LogP contribution < -0.4 is 0 Å². The molecule has 1 atom stereocenters. The molecule has 0 saturated carbocycles. The zero-order chi connectivity index (χ0) is 12.8. The Kier molecular flexibility index (Phi) is 2.83. The first-order valence-electron chi connectivity index (χ1n) is 5.85. The number of sulfone groups is 1. The fourth-order valence-electron chi connectivity index (χ4n) is 2.44. The van der Waals surface area contributed by atoms with Crippen molar-refractivity contribution in [2.75, 3.05) is 11.5 Å². The van der Waals surface area contributed by atoms with Gasteiger partial charge in [0.1, 0.15) is 5.65 Å². The van der Waals surface area contributed by atoms with Gasteiger partial charge in [0.25, 0.3) is 0 Å². The average Bonchev–Trinajstić information content (AvgIpc) is 2.81. The van der Waals surface area contributed by atoms with E-state index >= 15 is 0 Å². The zero-order valence-corrected chi connectivity index (χ0v) is 11.3. The second-order valence-corrected chi connectivity index (χ2v) is 7.48. The molecule has 2 aromatic heterocycles. The molecule has 1 fully saturated rings. The summed E-state index contributed by atoms with van der Waals surface area (Å²) >= 11 is 5.90. The predicted octanol–water partition coefficient (Wildman–Crippen LogP) is 1.96. The van der Waals surface area contributed by atoms with E-state index in [-0.39, 0.29) is 5.92 Å². The first-order chi connectivity index (χ1) is 8.52. The predicted molar refractivity (Wildman–Crippen MR) is 70.7 cm³/mol. The Morgan fingerprint density at radius 2 is 2.33 bits per heavy atom. The molecule has 1 aliphatic heterocycles. The molecular formula is C12H13ClN2O2S. The standard InChI is InChI=1S/C12H13ClN2O2S/c13-10-1-3-15-7-11(14-12(15)6-10)5-9-2-4-18(16,17)8-9/h1,3,6-7,9H,2,4-5,8H2. The molecule has 18 heavy (non-hydrogen) atoms. The molecule has 6 heteroatoms. The normalized spacial score (nSPS) is 22.6. The van der Waals surface area contributed by atoms with Gasteiger partial charge >= 0.3 is 0 Å². The van der Waals surface area contributed by atoms with E-state index in [9.17, 15) is 8.42 Å². The summed E-state index contributed by atoms with van der Waals surface area (Å²) in [5.74, 6) is 0.814. The highest BCUT2D eigenvalue weighted by molar-refractivity contribution is 7.91. The minimum absolute atomic E-state index is 0.204. The fraction of sp³-hybridized carbons (Fsp3) is 0.417. The maximum atomic E-state index is 11.4. The van der Waals surface area contributed by atoms with Gasteiger partial charge in [0.05, 0.1) is 17.2 Å². The molecule has 1 aliphatic rings. The van der Waals surface area contributed by atoms with Gasteiger partial charge < -0.3 is 4.40 Å². The smallest absolute Gasteiger partial charge is 0.150 e. The Balaban J connectivity index is 1.83. The SMILES string of the molecule is O=S1(=O)CCC(Cc2cn3ccc(Cl)cc3n2)C1. The Hall–Kier alpha value is -1.07. The Labute approximate surface area is 111 Å². The molecule has 1 unspecified atom stereocenters. The number of rotatable bonds is 2. The maximum Gasteiger partial charge on any atom is 0.150 e. The summed E-state index contributed by atoms with van der Waals surface area (Å²) in [5.41, 5.74) is 1.73. The molecule has 0 bridgehead atoms. The molecule has 0 aliphatic carbocycles. The average molecular weight is 285 g/mol. The summed E-state index contributed by atoms with van der Waals surface area (Å²) in [6, 6.07) is 3.61. The molecule has 3 heterocycles. The van der Waals surface area contributed by atoms with E-state index in [1.54, 1.807) is 12.1 Å². The number of halogens is 1. The lowest BCUT2D eigenvalue weighted by Gasteiger charge is -2.02. The third-order valence-corrected chi connectivity index (χ3v) is 5.37. The number of aromatic nitrogens is 2. The third-order valence-electron chi connectivity index (χ3n) is 3.30. The summed E-state index contributed by atoms with van der Waals surface area (Å²) < 4.78 is 24.7. The number of hydrogen-bond donors (Lipinski definition) is 0. The lowest BCUT2D eigenvalue weighted by molar-refractivity contribution is 0.578. The van der Waals surface area contributed by atoms with E-state index in [0.717, 1.165) is 24.2 Å². The lowest BCUT2D eigenvalue weighted by atomic mass is 10.0. The van der Waals surface area contributed by atoms with Crippen molar-refractivity contribution in [3.63, 3.8) is 0 Å². The molecule has 0 aromatic carbocycles. The van der Waals surface area contributed by atoms with Gasteiger partial charge in [-0.05, 0) is 30.9 Å². The van der Waals surface area contributed by atoms with Gasteiger partial charge in [-0.1, -0.05) is 11.6 Å². The molecule has 0 spiro atoms. The largest absolute Gasteiger partial charge is 0.307 e. The highest BCUT2D eigenvalue weighted by atomic mass is 35.5. The van der Waals surface area contributed by atoms with Crippen LogP contribution in [0.2, 0.25) is 5.02 Å². The second kappa shape index (κ2) is 4.24. The zero-order valence-electron chi connectivity index (χ0n) is 9.71. The van der Waals surface area contributed by atoms with Crippen molar-refractivity contribution in [1.29, 1.82) is 0 Å². The third kappa shape index (κ3) is 2.37. The van der Waals surface area contributed by atoms with Crippen LogP contribution in [0, 0.1) is 5.92 Å². The van der Waals surface area contributed by atoms with Crippen LogP contribution in [0.4, 0.5) is 0 Å². The Morgan fingerprint density at radius 3 is 3.06 bits per heavy atom. The number of pyridine rings is 1. The number of hydrogen-bond acceptors (Lipinski definition) is 3. The summed E-state index contributed by atoms with van der Waals surface area (Å²) in [6.45, 7) is 0. The lowest BCUT2D eigenvalue weighted by Crippen LogP contribution is -2.07. The quantitative estimate of drug-likeness (QED) is 0.847. The van der Waals surface area contributed by atoms with Gasteiger partial charge in [-0.15, -0.1) is 0 Å². The van der Waals surface area contributed by atoms with Crippen LogP contribution in [0.1, 0.15) is 12.1 Å². The van der Waals surface area contributed by atoms with Crippen molar-refractivity contribution >= 4 is 27.1 Å². The molecule has 1 saturated heterocycles. The minimum Gasteiger partial charge on any atom is -0.307 e. The van der Waals surface area contributed by atoms with Crippen molar-refractivity contribution < 1.29 is 8.42 Å². The number of imidazole rings is 1. The molecule has 0 amide bonds. The van der Waals surface area contributed by atoms with Gasteiger partial charge in [0.2, 0.25) is 0 Å².